The van der Waals surface area contributed by atoms with E-state index in [-0.39, 0.29) is 5.97 Å². The van der Waals surface area contributed by atoms with E-state index in [1.807, 2.05) is 13.0 Å². The zero-order valence-electron chi connectivity index (χ0n) is 11.4. The summed E-state index contributed by atoms with van der Waals surface area (Å²) in [7, 11) is 0. The van der Waals surface area contributed by atoms with E-state index in [0.717, 1.165) is 18.5 Å². The molecule has 3 heteroatoms. The Labute approximate surface area is 110 Å². The van der Waals surface area contributed by atoms with Crippen LogP contribution in [0.3, 0.4) is 0 Å². The first-order valence-corrected chi connectivity index (χ1v) is 7.38. The summed E-state index contributed by atoms with van der Waals surface area (Å²) in [5.41, 5.74) is 0. The third-order valence-corrected chi connectivity index (χ3v) is 4.24. The van der Waals surface area contributed by atoms with Crippen LogP contribution in [0.25, 0.3) is 0 Å². The SMILES string of the molecule is CCOC(=O)/C=C/CN1CCCC1C1CCCC1. The molecule has 0 spiro atoms. The number of ether oxygens (including phenoxy) is 1. The smallest absolute Gasteiger partial charge is 0.330 e. The van der Waals surface area contributed by atoms with Gasteiger partial charge in [-0.25, -0.2) is 4.79 Å². The number of carbonyl (C=O) groups is 1. The van der Waals surface area contributed by atoms with Crippen molar-refractivity contribution in [2.75, 3.05) is 19.7 Å². The van der Waals surface area contributed by atoms with E-state index in [2.05, 4.69) is 4.90 Å². The molecule has 1 saturated heterocycles. The Kier molecular flexibility index (Phi) is 5.24. The quantitative estimate of drug-likeness (QED) is 0.556. The lowest BCUT2D eigenvalue weighted by Crippen LogP contribution is -2.34. The van der Waals surface area contributed by atoms with Crippen LogP contribution in [-0.2, 0) is 9.53 Å². The largest absolute Gasteiger partial charge is 0.463 e. The maximum absolute atomic E-state index is 11.2. The van der Waals surface area contributed by atoms with Gasteiger partial charge in [0.25, 0.3) is 0 Å². The highest BCUT2D eigenvalue weighted by Crippen LogP contribution is 2.35. The van der Waals surface area contributed by atoms with Crippen molar-refractivity contribution in [3.63, 3.8) is 0 Å². The molecule has 0 amide bonds. The highest BCUT2D eigenvalue weighted by molar-refractivity contribution is 5.81. The molecular formula is C15H25NO2. The van der Waals surface area contributed by atoms with Gasteiger partial charge in [0.2, 0.25) is 0 Å². The monoisotopic (exact) mass is 251 g/mol. The Morgan fingerprint density at radius 3 is 2.78 bits per heavy atom. The summed E-state index contributed by atoms with van der Waals surface area (Å²) in [4.78, 5) is 13.8. The average Bonchev–Trinajstić information content (AvgIpc) is 2.98. The van der Waals surface area contributed by atoms with Crippen LogP contribution in [0.4, 0.5) is 0 Å². The number of hydrogen-bond donors (Lipinski definition) is 0. The van der Waals surface area contributed by atoms with E-state index >= 15 is 0 Å². The second kappa shape index (κ2) is 6.93. The van der Waals surface area contributed by atoms with Crippen LogP contribution in [0.15, 0.2) is 12.2 Å². The number of rotatable bonds is 5. The van der Waals surface area contributed by atoms with E-state index < -0.39 is 0 Å². The second-order valence-electron chi connectivity index (χ2n) is 5.40. The zero-order valence-corrected chi connectivity index (χ0v) is 11.4. The summed E-state index contributed by atoms with van der Waals surface area (Å²) in [5, 5.41) is 0. The van der Waals surface area contributed by atoms with E-state index in [0.29, 0.717) is 6.61 Å². The molecule has 0 N–H and O–H groups in total. The molecule has 1 atom stereocenters. The van der Waals surface area contributed by atoms with Crippen molar-refractivity contribution < 1.29 is 9.53 Å². The van der Waals surface area contributed by atoms with Crippen molar-refractivity contribution in [1.29, 1.82) is 0 Å². The molecule has 2 fully saturated rings. The molecule has 1 heterocycles. The minimum atomic E-state index is -0.214. The van der Waals surface area contributed by atoms with Crippen LogP contribution in [0, 0.1) is 5.92 Å². The van der Waals surface area contributed by atoms with Gasteiger partial charge in [-0.15, -0.1) is 0 Å². The molecule has 18 heavy (non-hydrogen) atoms. The van der Waals surface area contributed by atoms with Crippen LogP contribution in [0.2, 0.25) is 0 Å². The van der Waals surface area contributed by atoms with Gasteiger partial charge in [0.1, 0.15) is 0 Å². The van der Waals surface area contributed by atoms with Gasteiger partial charge in [-0.05, 0) is 45.1 Å². The molecule has 0 bridgehead atoms. The van der Waals surface area contributed by atoms with Gasteiger partial charge in [-0.2, -0.15) is 0 Å². The van der Waals surface area contributed by atoms with E-state index in [1.54, 1.807) is 6.08 Å². The van der Waals surface area contributed by atoms with Gasteiger partial charge < -0.3 is 4.74 Å². The molecule has 2 rings (SSSR count). The maximum Gasteiger partial charge on any atom is 0.330 e. The minimum Gasteiger partial charge on any atom is -0.463 e. The summed E-state index contributed by atoms with van der Waals surface area (Å²) in [5.74, 6) is 0.692. The van der Waals surface area contributed by atoms with Gasteiger partial charge in [0.05, 0.1) is 6.61 Å². The van der Waals surface area contributed by atoms with Crippen LogP contribution < -0.4 is 0 Å². The van der Waals surface area contributed by atoms with Crippen LogP contribution in [-0.4, -0.2) is 36.6 Å². The Hall–Kier alpha value is -0.830. The molecule has 1 aliphatic carbocycles. The van der Waals surface area contributed by atoms with Crippen molar-refractivity contribution in [1.82, 2.24) is 4.90 Å². The van der Waals surface area contributed by atoms with Gasteiger partial charge in [0, 0.05) is 18.7 Å². The lowest BCUT2D eigenvalue weighted by Gasteiger charge is -2.28. The van der Waals surface area contributed by atoms with Crippen molar-refractivity contribution in [2.45, 2.75) is 51.5 Å². The number of likely N-dealkylation sites (tertiary alicyclic amines) is 1. The van der Waals surface area contributed by atoms with Gasteiger partial charge in [-0.1, -0.05) is 18.9 Å². The molecule has 102 valence electrons. The molecule has 0 aromatic rings. The fourth-order valence-corrected chi connectivity index (χ4v) is 3.43. The average molecular weight is 251 g/mol. The first-order valence-electron chi connectivity index (χ1n) is 7.38. The summed E-state index contributed by atoms with van der Waals surface area (Å²) >= 11 is 0. The molecule has 0 radical (unpaired) electrons. The van der Waals surface area contributed by atoms with Crippen LogP contribution in [0.1, 0.15) is 45.4 Å². The molecule has 3 nitrogen and oxygen atoms in total. The third kappa shape index (κ3) is 3.58. The normalized spacial score (nSPS) is 26.2. The minimum absolute atomic E-state index is 0.214. The van der Waals surface area contributed by atoms with Crippen LogP contribution in [0.5, 0.6) is 0 Å². The first-order chi connectivity index (χ1) is 8.81. The van der Waals surface area contributed by atoms with Crippen LogP contribution >= 0.6 is 0 Å². The van der Waals surface area contributed by atoms with Crippen molar-refractivity contribution in [2.24, 2.45) is 5.92 Å². The molecular weight excluding hydrogens is 226 g/mol. The van der Waals surface area contributed by atoms with Gasteiger partial charge in [0.15, 0.2) is 0 Å². The lowest BCUT2D eigenvalue weighted by molar-refractivity contribution is -0.137. The second-order valence-corrected chi connectivity index (χ2v) is 5.40. The van der Waals surface area contributed by atoms with E-state index in [4.69, 9.17) is 4.74 Å². The van der Waals surface area contributed by atoms with Crippen molar-refractivity contribution in [3.8, 4) is 0 Å². The highest BCUT2D eigenvalue weighted by atomic mass is 16.5. The van der Waals surface area contributed by atoms with E-state index in [9.17, 15) is 4.79 Å². The fourth-order valence-electron chi connectivity index (χ4n) is 3.43. The summed E-state index contributed by atoms with van der Waals surface area (Å²) in [6.45, 7) is 4.38. The summed E-state index contributed by atoms with van der Waals surface area (Å²) in [6, 6.07) is 0.763. The highest BCUT2D eigenvalue weighted by Gasteiger charge is 2.32. The molecule has 0 aromatic carbocycles. The zero-order chi connectivity index (χ0) is 12.8. The molecule has 2 aliphatic rings. The number of hydrogen-bond acceptors (Lipinski definition) is 3. The lowest BCUT2D eigenvalue weighted by atomic mass is 9.96. The molecule has 1 aliphatic heterocycles. The molecule has 1 unspecified atom stereocenters. The summed E-state index contributed by atoms with van der Waals surface area (Å²) < 4.78 is 4.89. The first kappa shape index (κ1) is 13.6. The Morgan fingerprint density at radius 2 is 2.06 bits per heavy atom. The topological polar surface area (TPSA) is 29.5 Å². The Bertz CT molecular complexity index is 295. The summed E-state index contributed by atoms with van der Waals surface area (Å²) in [6.07, 6.45) is 11.8. The number of nitrogens with zero attached hydrogens (tertiary/aromatic N) is 1. The molecule has 1 saturated carbocycles. The predicted molar refractivity (Wildman–Crippen MR) is 72.3 cm³/mol. The number of esters is 1. The maximum atomic E-state index is 11.2. The standard InChI is InChI=1S/C15H25NO2/c1-2-18-15(17)10-6-12-16-11-5-9-14(16)13-7-3-4-8-13/h6,10,13-14H,2-5,7-9,11-12H2,1H3/b10-6+. The number of carbonyl (C=O) groups excluding carboxylic acids is 1. The Morgan fingerprint density at radius 1 is 1.28 bits per heavy atom. The predicted octanol–water partition coefficient (Wildman–Crippen LogP) is 2.76. The Balaban J connectivity index is 1.78. The van der Waals surface area contributed by atoms with Crippen molar-refractivity contribution in [3.05, 3.63) is 12.2 Å². The van der Waals surface area contributed by atoms with Gasteiger partial charge >= 0.3 is 5.97 Å². The van der Waals surface area contributed by atoms with E-state index in [1.165, 1.54) is 45.1 Å². The molecule has 0 aromatic heterocycles. The third-order valence-electron chi connectivity index (χ3n) is 4.24. The van der Waals surface area contributed by atoms with Crippen molar-refractivity contribution >= 4 is 5.97 Å². The van der Waals surface area contributed by atoms with Gasteiger partial charge in [-0.3, -0.25) is 4.90 Å². The fraction of sp³-hybridized carbons (Fsp3) is 0.800.